The van der Waals surface area contributed by atoms with E-state index >= 15 is 0 Å². The van der Waals surface area contributed by atoms with Gasteiger partial charge in [0.2, 0.25) is 0 Å². The minimum absolute atomic E-state index is 0.0450. The molecule has 0 radical (unpaired) electrons. The number of carbonyl (C=O) groups excluding carboxylic acids is 2. The SMILES string of the molecule is CCOC(=O)[C@@H]1C[C@@H](NC(=O)c2ccc3ccccc3c2C)CN1CC1CCCCC1. The van der Waals surface area contributed by atoms with Crippen LogP contribution in [0.1, 0.15) is 61.4 Å². The van der Waals surface area contributed by atoms with E-state index in [2.05, 4.69) is 22.3 Å². The van der Waals surface area contributed by atoms with Gasteiger partial charge in [0.1, 0.15) is 6.04 Å². The molecule has 1 heterocycles. The Hall–Kier alpha value is -2.40. The minimum Gasteiger partial charge on any atom is -0.465 e. The Labute approximate surface area is 185 Å². The fourth-order valence-corrected chi connectivity index (χ4v) is 5.33. The van der Waals surface area contributed by atoms with E-state index in [1.807, 2.05) is 38.1 Å². The third-order valence-electron chi connectivity index (χ3n) is 6.96. The maximum atomic E-state index is 13.1. The summed E-state index contributed by atoms with van der Waals surface area (Å²) in [5.41, 5.74) is 1.70. The molecule has 166 valence electrons. The topological polar surface area (TPSA) is 58.6 Å². The normalized spacial score (nSPS) is 22.5. The summed E-state index contributed by atoms with van der Waals surface area (Å²) >= 11 is 0. The van der Waals surface area contributed by atoms with Crippen molar-refractivity contribution in [1.29, 1.82) is 0 Å². The van der Waals surface area contributed by atoms with Crippen molar-refractivity contribution < 1.29 is 14.3 Å². The summed E-state index contributed by atoms with van der Waals surface area (Å²) in [5, 5.41) is 5.45. The Morgan fingerprint density at radius 3 is 2.65 bits per heavy atom. The Bertz CT molecular complexity index is 935. The largest absolute Gasteiger partial charge is 0.465 e. The average molecular weight is 423 g/mol. The molecule has 2 fully saturated rings. The number of esters is 1. The number of benzene rings is 2. The van der Waals surface area contributed by atoms with Crippen molar-refractivity contribution in [1.82, 2.24) is 10.2 Å². The fourth-order valence-electron chi connectivity index (χ4n) is 5.33. The van der Waals surface area contributed by atoms with Crippen LogP contribution in [0.4, 0.5) is 0 Å². The van der Waals surface area contributed by atoms with E-state index in [0.717, 1.165) is 22.9 Å². The molecule has 0 aromatic heterocycles. The number of nitrogens with zero attached hydrogens (tertiary/aromatic N) is 1. The molecular formula is C26H34N2O3. The Morgan fingerprint density at radius 1 is 1.10 bits per heavy atom. The lowest BCUT2D eigenvalue weighted by atomic mass is 9.89. The highest BCUT2D eigenvalue weighted by molar-refractivity contribution is 6.01. The molecule has 2 aromatic carbocycles. The van der Waals surface area contributed by atoms with Gasteiger partial charge in [-0.25, -0.2) is 0 Å². The van der Waals surface area contributed by atoms with Crippen molar-refractivity contribution in [3.05, 3.63) is 47.5 Å². The van der Waals surface area contributed by atoms with Crippen molar-refractivity contribution in [2.24, 2.45) is 5.92 Å². The molecule has 1 saturated carbocycles. The molecule has 0 unspecified atom stereocenters. The predicted octanol–water partition coefficient (Wildman–Crippen LogP) is 4.46. The quantitative estimate of drug-likeness (QED) is 0.698. The number of nitrogens with one attached hydrogen (secondary N) is 1. The van der Waals surface area contributed by atoms with Crippen molar-refractivity contribution in [3.63, 3.8) is 0 Å². The first kappa shape index (κ1) is 21.8. The monoisotopic (exact) mass is 422 g/mol. The molecule has 5 heteroatoms. The summed E-state index contributed by atoms with van der Waals surface area (Å²) in [6, 6.07) is 11.7. The molecule has 1 N–H and O–H groups in total. The molecule has 1 amide bonds. The summed E-state index contributed by atoms with van der Waals surface area (Å²) in [6.07, 6.45) is 6.97. The average Bonchev–Trinajstić information content (AvgIpc) is 3.17. The van der Waals surface area contributed by atoms with Gasteiger partial charge in [-0.15, -0.1) is 0 Å². The van der Waals surface area contributed by atoms with E-state index in [9.17, 15) is 9.59 Å². The molecule has 0 spiro atoms. The van der Waals surface area contributed by atoms with E-state index in [0.29, 0.717) is 31.1 Å². The van der Waals surface area contributed by atoms with Gasteiger partial charge in [-0.2, -0.15) is 0 Å². The number of likely N-dealkylation sites (tertiary alicyclic amines) is 1. The third-order valence-corrected chi connectivity index (χ3v) is 6.96. The van der Waals surface area contributed by atoms with Gasteiger partial charge in [-0.05, 0) is 61.4 Å². The Balaban J connectivity index is 1.46. The smallest absolute Gasteiger partial charge is 0.323 e. The molecule has 5 nitrogen and oxygen atoms in total. The number of aryl methyl sites for hydroxylation is 1. The van der Waals surface area contributed by atoms with E-state index in [1.54, 1.807) is 0 Å². The molecule has 2 aliphatic rings. The van der Waals surface area contributed by atoms with Crippen LogP contribution >= 0.6 is 0 Å². The van der Waals surface area contributed by atoms with Crippen LogP contribution in [0, 0.1) is 12.8 Å². The zero-order chi connectivity index (χ0) is 21.8. The van der Waals surface area contributed by atoms with Crippen LogP contribution in [0.15, 0.2) is 36.4 Å². The Morgan fingerprint density at radius 2 is 1.87 bits per heavy atom. The lowest BCUT2D eigenvalue weighted by Crippen LogP contribution is -2.41. The second kappa shape index (κ2) is 9.82. The molecule has 2 atom stereocenters. The van der Waals surface area contributed by atoms with E-state index in [-0.39, 0.29) is 24.0 Å². The van der Waals surface area contributed by atoms with Crippen LogP contribution in [-0.4, -0.2) is 48.6 Å². The molecule has 1 saturated heterocycles. The van der Waals surface area contributed by atoms with Crippen molar-refractivity contribution in [2.75, 3.05) is 19.7 Å². The molecule has 1 aliphatic heterocycles. The molecular weight excluding hydrogens is 388 g/mol. The minimum atomic E-state index is -0.259. The lowest BCUT2D eigenvalue weighted by Gasteiger charge is -2.29. The number of hydrogen-bond donors (Lipinski definition) is 1. The van der Waals surface area contributed by atoms with Gasteiger partial charge in [0.25, 0.3) is 5.91 Å². The standard InChI is InChI=1S/C26H34N2O3/c1-3-31-26(30)24-15-21(17-28(24)16-19-9-5-4-6-10-19)27-25(29)23-14-13-20-11-7-8-12-22(20)18(23)2/h7-8,11-14,19,21,24H,3-6,9-10,15-17H2,1-2H3,(H,27,29)/t21-,24+/m1/s1. The van der Waals surface area contributed by atoms with Crippen molar-refractivity contribution in [2.45, 2.75) is 64.5 Å². The first-order valence-electron chi connectivity index (χ1n) is 11.8. The van der Waals surface area contributed by atoms with Gasteiger partial charge in [-0.1, -0.05) is 49.6 Å². The van der Waals surface area contributed by atoms with Crippen LogP contribution in [0.25, 0.3) is 10.8 Å². The maximum Gasteiger partial charge on any atom is 0.323 e. The Kier molecular flexibility index (Phi) is 6.91. The third kappa shape index (κ3) is 4.93. The van der Waals surface area contributed by atoms with Gasteiger partial charge < -0.3 is 10.1 Å². The summed E-state index contributed by atoms with van der Waals surface area (Å²) in [4.78, 5) is 28.0. The van der Waals surface area contributed by atoms with Crippen LogP contribution < -0.4 is 5.32 Å². The van der Waals surface area contributed by atoms with Crippen LogP contribution in [0.2, 0.25) is 0 Å². The van der Waals surface area contributed by atoms with Crippen LogP contribution in [-0.2, 0) is 9.53 Å². The first-order chi connectivity index (χ1) is 15.1. The zero-order valence-electron chi connectivity index (χ0n) is 18.7. The number of ether oxygens (including phenoxy) is 1. The fraction of sp³-hybridized carbons (Fsp3) is 0.538. The number of amides is 1. The highest BCUT2D eigenvalue weighted by atomic mass is 16.5. The number of hydrogen-bond acceptors (Lipinski definition) is 4. The summed E-state index contributed by atoms with van der Waals surface area (Å²) in [5.74, 6) is 0.426. The number of fused-ring (bicyclic) bond motifs is 1. The van der Waals surface area contributed by atoms with E-state index in [4.69, 9.17) is 4.74 Å². The van der Waals surface area contributed by atoms with Crippen molar-refractivity contribution >= 4 is 22.6 Å². The van der Waals surface area contributed by atoms with E-state index in [1.165, 1.54) is 32.1 Å². The first-order valence-corrected chi connectivity index (χ1v) is 11.8. The summed E-state index contributed by atoms with van der Waals surface area (Å²) in [7, 11) is 0. The second-order valence-electron chi connectivity index (χ2n) is 9.09. The van der Waals surface area contributed by atoms with Gasteiger partial charge in [0.15, 0.2) is 0 Å². The molecule has 2 aromatic rings. The van der Waals surface area contributed by atoms with Crippen molar-refractivity contribution in [3.8, 4) is 0 Å². The lowest BCUT2D eigenvalue weighted by molar-refractivity contribution is -0.148. The van der Waals surface area contributed by atoms with Gasteiger partial charge >= 0.3 is 5.97 Å². The maximum absolute atomic E-state index is 13.1. The molecule has 0 bridgehead atoms. The zero-order valence-corrected chi connectivity index (χ0v) is 18.7. The predicted molar refractivity (Wildman–Crippen MR) is 123 cm³/mol. The van der Waals surface area contributed by atoms with Gasteiger partial charge in [0.05, 0.1) is 6.61 Å². The van der Waals surface area contributed by atoms with E-state index < -0.39 is 0 Å². The highest BCUT2D eigenvalue weighted by Gasteiger charge is 2.39. The summed E-state index contributed by atoms with van der Waals surface area (Å²) < 4.78 is 5.36. The molecule has 31 heavy (non-hydrogen) atoms. The van der Waals surface area contributed by atoms with Crippen LogP contribution in [0.3, 0.4) is 0 Å². The number of carbonyl (C=O) groups is 2. The number of rotatable bonds is 6. The summed E-state index contributed by atoms with van der Waals surface area (Å²) in [6.45, 7) is 5.87. The second-order valence-corrected chi connectivity index (χ2v) is 9.09. The van der Waals surface area contributed by atoms with Gasteiger partial charge in [-0.3, -0.25) is 14.5 Å². The molecule has 1 aliphatic carbocycles. The molecule has 4 rings (SSSR count). The van der Waals surface area contributed by atoms with Gasteiger partial charge in [0, 0.05) is 24.7 Å². The van der Waals surface area contributed by atoms with Crippen LogP contribution in [0.5, 0.6) is 0 Å². The highest BCUT2D eigenvalue weighted by Crippen LogP contribution is 2.29.